The Balaban J connectivity index is 1.89. The van der Waals surface area contributed by atoms with Crippen molar-refractivity contribution in [2.45, 2.75) is 52.7 Å². The van der Waals surface area contributed by atoms with Crippen molar-refractivity contribution in [1.82, 2.24) is 9.97 Å². The zero-order chi connectivity index (χ0) is 18.2. The Bertz CT molecular complexity index is 761. The summed E-state index contributed by atoms with van der Waals surface area (Å²) in [7, 11) is -0.395. The zero-order valence-corrected chi connectivity index (χ0v) is 15.8. The lowest BCUT2D eigenvalue weighted by Gasteiger charge is -2.32. The van der Waals surface area contributed by atoms with Crippen molar-refractivity contribution in [1.29, 1.82) is 0 Å². The number of hydrogen-bond acceptors (Lipinski definition) is 5. The van der Waals surface area contributed by atoms with Crippen LogP contribution in [0, 0.1) is 6.92 Å². The Morgan fingerprint density at radius 3 is 2.40 bits per heavy atom. The molecule has 1 aromatic heterocycles. The van der Waals surface area contributed by atoms with E-state index in [1.165, 1.54) is 0 Å². The lowest BCUT2D eigenvalue weighted by atomic mass is 9.78. The molecule has 0 saturated carbocycles. The third-order valence-electron chi connectivity index (χ3n) is 4.90. The standard InChI is InChI=1S/C19H25BN2O3/c1-7-23-16-12-21-17(22-13(16)2)14-9-8-10-15(11-14)20-24-18(3,4)19(5,6)25-20/h8-12H,7H2,1-6H3. The molecule has 0 spiro atoms. The highest BCUT2D eigenvalue weighted by Gasteiger charge is 2.51. The summed E-state index contributed by atoms with van der Waals surface area (Å²) in [5.41, 5.74) is 2.00. The third kappa shape index (κ3) is 3.41. The van der Waals surface area contributed by atoms with Gasteiger partial charge in [-0.05, 0) is 47.0 Å². The molecule has 0 aliphatic carbocycles. The Morgan fingerprint density at radius 1 is 1.12 bits per heavy atom. The van der Waals surface area contributed by atoms with Gasteiger partial charge in [-0.3, -0.25) is 0 Å². The fourth-order valence-corrected chi connectivity index (χ4v) is 2.70. The lowest BCUT2D eigenvalue weighted by Crippen LogP contribution is -2.41. The van der Waals surface area contributed by atoms with Crippen molar-refractivity contribution in [2.75, 3.05) is 6.61 Å². The number of ether oxygens (including phenoxy) is 1. The maximum absolute atomic E-state index is 6.13. The first-order valence-electron chi connectivity index (χ1n) is 8.66. The van der Waals surface area contributed by atoms with Crippen LogP contribution < -0.4 is 10.2 Å². The van der Waals surface area contributed by atoms with E-state index in [2.05, 4.69) is 37.7 Å². The van der Waals surface area contributed by atoms with Crippen molar-refractivity contribution in [3.63, 3.8) is 0 Å². The van der Waals surface area contributed by atoms with E-state index in [-0.39, 0.29) is 11.2 Å². The minimum absolute atomic E-state index is 0.361. The van der Waals surface area contributed by atoms with Gasteiger partial charge < -0.3 is 14.0 Å². The molecule has 2 heterocycles. The number of rotatable bonds is 4. The maximum Gasteiger partial charge on any atom is 0.494 e. The molecule has 0 unspecified atom stereocenters. The fraction of sp³-hybridized carbons (Fsp3) is 0.474. The summed E-state index contributed by atoms with van der Waals surface area (Å²) < 4.78 is 17.8. The van der Waals surface area contributed by atoms with Gasteiger partial charge in [0.15, 0.2) is 11.6 Å². The van der Waals surface area contributed by atoms with Crippen LogP contribution in [-0.4, -0.2) is 34.9 Å². The van der Waals surface area contributed by atoms with Gasteiger partial charge in [-0.15, -0.1) is 0 Å². The smallest absolute Gasteiger partial charge is 0.490 e. The van der Waals surface area contributed by atoms with Crippen LogP contribution in [0.4, 0.5) is 0 Å². The molecule has 0 bridgehead atoms. The summed E-state index contributed by atoms with van der Waals surface area (Å²) in [5, 5.41) is 0. The molecule has 3 rings (SSSR count). The lowest BCUT2D eigenvalue weighted by molar-refractivity contribution is 0.00578. The summed E-state index contributed by atoms with van der Waals surface area (Å²) in [6.07, 6.45) is 1.72. The van der Waals surface area contributed by atoms with Crippen molar-refractivity contribution < 1.29 is 14.0 Å². The molecular weight excluding hydrogens is 315 g/mol. The van der Waals surface area contributed by atoms with Gasteiger partial charge in [0.25, 0.3) is 0 Å². The number of aryl methyl sites for hydroxylation is 1. The minimum atomic E-state index is -0.395. The largest absolute Gasteiger partial charge is 0.494 e. The SMILES string of the molecule is CCOc1cnc(-c2cccc(B3OC(C)(C)C(C)(C)O3)c2)nc1C. The molecule has 5 nitrogen and oxygen atoms in total. The molecule has 0 amide bonds. The van der Waals surface area contributed by atoms with Gasteiger partial charge >= 0.3 is 7.12 Å². The summed E-state index contributed by atoms with van der Waals surface area (Å²) in [6, 6.07) is 8.00. The van der Waals surface area contributed by atoms with E-state index in [9.17, 15) is 0 Å². The number of aromatic nitrogens is 2. The summed E-state index contributed by atoms with van der Waals surface area (Å²) >= 11 is 0. The molecule has 25 heavy (non-hydrogen) atoms. The van der Waals surface area contributed by atoms with E-state index < -0.39 is 7.12 Å². The molecule has 1 saturated heterocycles. The van der Waals surface area contributed by atoms with Crippen molar-refractivity contribution in [3.8, 4) is 17.1 Å². The molecule has 1 fully saturated rings. The molecule has 132 valence electrons. The Labute approximate surface area is 149 Å². The molecular formula is C19H25BN2O3. The molecule has 0 atom stereocenters. The minimum Gasteiger partial charge on any atom is -0.490 e. The van der Waals surface area contributed by atoms with Crippen molar-refractivity contribution in [2.24, 2.45) is 0 Å². The van der Waals surface area contributed by atoms with Gasteiger partial charge in [-0.2, -0.15) is 0 Å². The summed E-state index contributed by atoms with van der Waals surface area (Å²) in [6.45, 7) is 12.7. The summed E-state index contributed by atoms with van der Waals surface area (Å²) in [5.74, 6) is 1.38. The van der Waals surface area contributed by atoms with Crippen LogP contribution in [-0.2, 0) is 9.31 Å². The van der Waals surface area contributed by atoms with E-state index in [4.69, 9.17) is 14.0 Å². The second-order valence-corrected chi connectivity index (χ2v) is 7.29. The van der Waals surface area contributed by atoms with Crippen LogP contribution in [0.3, 0.4) is 0 Å². The highest BCUT2D eigenvalue weighted by molar-refractivity contribution is 6.62. The average molecular weight is 340 g/mol. The second kappa shape index (κ2) is 6.43. The first-order chi connectivity index (χ1) is 11.7. The van der Waals surface area contributed by atoms with Crippen LogP contribution in [0.5, 0.6) is 5.75 Å². The van der Waals surface area contributed by atoms with Crippen LogP contribution in [0.15, 0.2) is 30.5 Å². The number of nitrogens with zero attached hydrogens (tertiary/aromatic N) is 2. The second-order valence-electron chi connectivity index (χ2n) is 7.29. The van der Waals surface area contributed by atoms with E-state index in [0.29, 0.717) is 18.2 Å². The first-order valence-corrected chi connectivity index (χ1v) is 8.66. The van der Waals surface area contributed by atoms with Gasteiger partial charge in [0.05, 0.1) is 29.7 Å². The quantitative estimate of drug-likeness (QED) is 0.801. The highest BCUT2D eigenvalue weighted by atomic mass is 16.7. The number of hydrogen-bond donors (Lipinski definition) is 0. The monoisotopic (exact) mass is 340 g/mol. The van der Waals surface area contributed by atoms with Gasteiger partial charge in [0, 0.05) is 5.56 Å². The molecule has 2 aromatic rings. The van der Waals surface area contributed by atoms with Gasteiger partial charge in [-0.1, -0.05) is 24.3 Å². The predicted octanol–water partition coefficient (Wildman–Crippen LogP) is 3.15. The van der Waals surface area contributed by atoms with Gasteiger partial charge in [0.1, 0.15) is 0 Å². The first kappa shape index (κ1) is 17.9. The molecule has 1 aliphatic rings. The Morgan fingerprint density at radius 2 is 1.80 bits per heavy atom. The van der Waals surface area contributed by atoms with Crippen LogP contribution in [0.1, 0.15) is 40.3 Å². The van der Waals surface area contributed by atoms with Crippen molar-refractivity contribution >= 4 is 12.6 Å². The van der Waals surface area contributed by atoms with Gasteiger partial charge in [0.2, 0.25) is 0 Å². The van der Waals surface area contributed by atoms with Crippen LogP contribution >= 0.6 is 0 Å². The fourth-order valence-electron chi connectivity index (χ4n) is 2.70. The Kier molecular flexibility index (Phi) is 4.60. The Hall–Kier alpha value is -1.92. The number of benzene rings is 1. The molecule has 1 aliphatic heterocycles. The molecule has 1 aromatic carbocycles. The molecule has 6 heteroatoms. The van der Waals surface area contributed by atoms with E-state index in [1.54, 1.807) is 6.20 Å². The molecule has 0 N–H and O–H groups in total. The molecule has 0 radical (unpaired) electrons. The topological polar surface area (TPSA) is 53.5 Å². The van der Waals surface area contributed by atoms with Gasteiger partial charge in [-0.25, -0.2) is 9.97 Å². The average Bonchev–Trinajstić information content (AvgIpc) is 2.78. The third-order valence-corrected chi connectivity index (χ3v) is 4.90. The predicted molar refractivity (Wildman–Crippen MR) is 99.1 cm³/mol. The highest BCUT2D eigenvalue weighted by Crippen LogP contribution is 2.36. The van der Waals surface area contributed by atoms with E-state index >= 15 is 0 Å². The van der Waals surface area contributed by atoms with E-state index in [1.807, 2.05) is 38.1 Å². The van der Waals surface area contributed by atoms with Crippen LogP contribution in [0.2, 0.25) is 0 Å². The maximum atomic E-state index is 6.13. The van der Waals surface area contributed by atoms with Crippen LogP contribution in [0.25, 0.3) is 11.4 Å². The normalized spacial score (nSPS) is 18.4. The summed E-state index contributed by atoms with van der Waals surface area (Å²) in [4.78, 5) is 9.00. The zero-order valence-electron chi connectivity index (χ0n) is 15.8. The van der Waals surface area contributed by atoms with E-state index in [0.717, 1.165) is 16.7 Å². The van der Waals surface area contributed by atoms with Crippen molar-refractivity contribution in [3.05, 3.63) is 36.2 Å².